The van der Waals surface area contributed by atoms with E-state index in [1.54, 1.807) is 12.0 Å². The average molecular weight is 371 g/mol. The first-order valence-corrected chi connectivity index (χ1v) is 9.47. The summed E-state index contributed by atoms with van der Waals surface area (Å²) in [5.41, 5.74) is 0.819. The molecule has 0 spiro atoms. The lowest BCUT2D eigenvalue weighted by molar-refractivity contribution is -0.930. The van der Waals surface area contributed by atoms with Crippen LogP contribution in [0, 0.1) is 0 Å². The molecule has 134 valence electrons. The van der Waals surface area contributed by atoms with Gasteiger partial charge in [-0.25, -0.2) is 0 Å². The average Bonchev–Trinajstić information content (AvgIpc) is 2.60. The molecule has 4 nitrogen and oxygen atoms in total. The SMILES string of the molecule is CCC(C)[NH+](C)C1CCN(C(=S)Nc2cc(Cl)ccc2OC)CC1. The van der Waals surface area contributed by atoms with Crippen LogP contribution in [-0.4, -0.2) is 49.3 Å². The summed E-state index contributed by atoms with van der Waals surface area (Å²) < 4.78 is 5.37. The molecule has 1 aliphatic heterocycles. The van der Waals surface area contributed by atoms with Crippen molar-refractivity contribution < 1.29 is 9.64 Å². The molecule has 1 aromatic carbocycles. The third kappa shape index (κ3) is 4.74. The molecule has 24 heavy (non-hydrogen) atoms. The largest absolute Gasteiger partial charge is 0.495 e. The van der Waals surface area contributed by atoms with Gasteiger partial charge in [-0.1, -0.05) is 18.5 Å². The van der Waals surface area contributed by atoms with Crippen LogP contribution in [0.5, 0.6) is 5.75 Å². The second-order valence-electron chi connectivity index (χ2n) is 6.59. The topological polar surface area (TPSA) is 28.9 Å². The summed E-state index contributed by atoms with van der Waals surface area (Å²) in [6.45, 7) is 6.58. The number of halogens is 1. The number of anilines is 1. The maximum absolute atomic E-state index is 6.09. The first-order chi connectivity index (χ1) is 11.5. The highest BCUT2D eigenvalue weighted by Gasteiger charge is 2.28. The number of benzene rings is 1. The van der Waals surface area contributed by atoms with Gasteiger partial charge in [-0.3, -0.25) is 0 Å². The smallest absolute Gasteiger partial charge is 0.173 e. The molecule has 0 radical (unpaired) electrons. The summed E-state index contributed by atoms with van der Waals surface area (Å²) in [4.78, 5) is 3.89. The number of thiocarbonyl (C=S) groups is 1. The van der Waals surface area contributed by atoms with E-state index in [0.717, 1.165) is 35.7 Å². The molecule has 0 aromatic heterocycles. The Labute approximate surface area is 156 Å². The Morgan fingerprint density at radius 3 is 2.71 bits per heavy atom. The Bertz CT molecular complexity index is 561. The summed E-state index contributed by atoms with van der Waals surface area (Å²) in [6.07, 6.45) is 3.57. The number of quaternary nitrogens is 1. The molecule has 0 bridgehead atoms. The number of methoxy groups -OCH3 is 1. The molecular formula is C18H29ClN3OS+. The van der Waals surface area contributed by atoms with E-state index in [0.29, 0.717) is 11.1 Å². The predicted octanol–water partition coefficient (Wildman–Crippen LogP) is 2.82. The highest BCUT2D eigenvalue weighted by molar-refractivity contribution is 7.80. The quantitative estimate of drug-likeness (QED) is 0.780. The molecule has 2 atom stereocenters. The highest BCUT2D eigenvalue weighted by Crippen LogP contribution is 2.28. The molecule has 6 heteroatoms. The number of nitrogens with zero attached hydrogens (tertiary/aromatic N) is 1. The van der Waals surface area contributed by atoms with Gasteiger partial charge in [0.25, 0.3) is 0 Å². The maximum atomic E-state index is 6.09. The first-order valence-electron chi connectivity index (χ1n) is 8.69. The van der Waals surface area contributed by atoms with E-state index in [4.69, 9.17) is 28.6 Å². The molecule has 0 amide bonds. The number of nitrogens with one attached hydrogen (secondary N) is 2. The fourth-order valence-corrected chi connectivity index (χ4v) is 3.70. The van der Waals surface area contributed by atoms with Crippen LogP contribution in [0.15, 0.2) is 18.2 Å². The van der Waals surface area contributed by atoms with Crippen LogP contribution in [-0.2, 0) is 0 Å². The van der Waals surface area contributed by atoms with Crippen molar-refractivity contribution in [2.45, 2.75) is 45.2 Å². The fraction of sp³-hybridized carbons (Fsp3) is 0.611. The zero-order valence-corrected chi connectivity index (χ0v) is 16.6. The second-order valence-corrected chi connectivity index (χ2v) is 7.41. The van der Waals surface area contributed by atoms with Gasteiger partial charge in [-0.2, -0.15) is 0 Å². The predicted molar refractivity (Wildman–Crippen MR) is 105 cm³/mol. The van der Waals surface area contributed by atoms with E-state index < -0.39 is 0 Å². The van der Waals surface area contributed by atoms with Crippen LogP contribution in [0.1, 0.15) is 33.1 Å². The standard InChI is InChI=1S/C18H28ClN3OS/c1-5-13(2)21(3)15-8-10-22(11-9-15)18(24)20-16-12-14(19)6-7-17(16)23-4/h6-7,12-13,15H,5,8-11H2,1-4H3,(H,20,24)/p+1. The molecule has 1 fully saturated rings. The molecule has 0 aliphatic carbocycles. The normalized spacial score (nSPS) is 18.1. The molecule has 1 aliphatic rings. The van der Waals surface area contributed by atoms with E-state index in [1.807, 2.05) is 18.2 Å². The number of rotatable bonds is 5. The second kappa shape index (κ2) is 8.88. The Hall–Kier alpha value is -1.04. The number of likely N-dealkylation sites (tertiary alicyclic amines) is 1. The first kappa shape index (κ1) is 19.3. The van der Waals surface area contributed by atoms with Crippen LogP contribution in [0.25, 0.3) is 0 Å². The Morgan fingerprint density at radius 1 is 1.46 bits per heavy atom. The van der Waals surface area contributed by atoms with Crippen molar-refractivity contribution in [3.8, 4) is 5.75 Å². The van der Waals surface area contributed by atoms with Gasteiger partial charge in [0.1, 0.15) is 5.75 Å². The monoisotopic (exact) mass is 370 g/mol. The third-order valence-corrected chi connectivity index (χ3v) is 5.81. The Balaban J connectivity index is 1.93. The van der Waals surface area contributed by atoms with Crippen LogP contribution >= 0.6 is 23.8 Å². The zero-order chi connectivity index (χ0) is 17.7. The van der Waals surface area contributed by atoms with Crippen molar-refractivity contribution in [3.05, 3.63) is 23.2 Å². The zero-order valence-electron chi connectivity index (χ0n) is 15.1. The summed E-state index contributed by atoms with van der Waals surface area (Å²) in [5.74, 6) is 0.748. The van der Waals surface area contributed by atoms with Gasteiger partial charge >= 0.3 is 0 Å². The third-order valence-electron chi connectivity index (χ3n) is 5.22. The Kier molecular flexibility index (Phi) is 7.14. The molecule has 1 aromatic rings. The van der Waals surface area contributed by atoms with E-state index in [9.17, 15) is 0 Å². The van der Waals surface area contributed by atoms with Gasteiger partial charge in [-0.15, -0.1) is 0 Å². The van der Waals surface area contributed by atoms with Gasteiger partial charge in [0.15, 0.2) is 5.11 Å². The van der Waals surface area contributed by atoms with E-state index in [1.165, 1.54) is 19.3 Å². The van der Waals surface area contributed by atoms with Crippen molar-refractivity contribution in [2.75, 3.05) is 32.6 Å². The summed E-state index contributed by atoms with van der Waals surface area (Å²) >= 11 is 11.7. The molecule has 1 heterocycles. The summed E-state index contributed by atoms with van der Waals surface area (Å²) in [7, 11) is 3.97. The lowest BCUT2D eigenvalue weighted by Gasteiger charge is -2.37. The lowest BCUT2D eigenvalue weighted by atomic mass is 10.0. The molecule has 0 saturated carbocycles. The van der Waals surface area contributed by atoms with Crippen molar-refractivity contribution in [1.29, 1.82) is 0 Å². The highest BCUT2D eigenvalue weighted by atomic mass is 35.5. The Morgan fingerprint density at radius 2 is 2.12 bits per heavy atom. The minimum Gasteiger partial charge on any atom is -0.495 e. The van der Waals surface area contributed by atoms with Crippen LogP contribution in [0.4, 0.5) is 5.69 Å². The van der Waals surface area contributed by atoms with Crippen LogP contribution < -0.4 is 15.0 Å². The van der Waals surface area contributed by atoms with Crippen molar-refractivity contribution in [1.82, 2.24) is 4.90 Å². The van der Waals surface area contributed by atoms with Crippen LogP contribution in [0.2, 0.25) is 5.02 Å². The molecule has 2 N–H and O–H groups in total. The number of ether oxygens (including phenoxy) is 1. The number of hydrogen-bond donors (Lipinski definition) is 2. The van der Waals surface area contributed by atoms with Crippen molar-refractivity contribution in [3.63, 3.8) is 0 Å². The molecule has 2 rings (SSSR count). The fourth-order valence-electron chi connectivity index (χ4n) is 3.23. The van der Waals surface area contributed by atoms with Gasteiger partial charge < -0.3 is 19.9 Å². The summed E-state index contributed by atoms with van der Waals surface area (Å²) in [5, 5.41) is 4.70. The summed E-state index contributed by atoms with van der Waals surface area (Å²) in [6, 6.07) is 6.94. The van der Waals surface area contributed by atoms with Crippen molar-refractivity contribution in [2.24, 2.45) is 0 Å². The van der Waals surface area contributed by atoms with E-state index in [-0.39, 0.29) is 0 Å². The van der Waals surface area contributed by atoms with Gasteiger partial charge in [0.05, 0.1) is 31.9 Å². The van der Waals surface area contributed by atoms with Gasteiger partial charge in [0, 0.05) is 31.0 Å². The molecule has 1 saturated heterocycles. The van der Waals surface area contributed by atoms with E-state index >= 15 is 0 Å². The molecular weight excluding hydrogens is 342 g/mol. The van der Waals surface area contributed by atoms with Gasteiger partial charge in [-0.05, 0) is 43.8 Å². The number of piperidine rings is 1. The van der Waals surface area contributed by atoms with Crippen LogP contribution in [0.3, 0.4) is 0 Å². The van der Waals surface area contributed by atoms with Crippen molar-refractivity contribution >= 4 is 34.6 Å². The van der Waals surface area contributed by atoms with E-state index in [2.05, 4.69) is 31.1 Å². The minimum absolute atomic E-state index is 0.665. The molecule has 2 unspecified atom stereocenters. The minimum atomic E-state index is 0.665. The van der Waals surface area contributed by atoms with Gasteiger partial charge in [0.2, 0.25) is 0 Å². The number of hydrogen-bond acceptors (Lipinski definition) is 2. The maximum Gasteiger partial charge on any atom is 0.173 e. The lowest BCUT2D eigenvalue weighted by Crippen LogP contribution is -3.16.